The number of carbonyl (C=O) groups is 1. The monoisotopic (exact) mass is 562 g/mol. The van der Waals surface area contributed by atoms with Crippen molar-refractivity contribution in [2.24, 2.45) is 5.10 Å². The minimum absolute atomic E-state index is 0.186. The summed E-state index contributed by atoms with van der Waals surface area (Å²) in [6.45, 7) is 0.564. The highest BCUT2D eigenvalue weighted by Gasteiger charge is 2.11. The first-order chi connectivity index (χ1) is 18.0. The van der Waals surface area contributed by atoms with Crippen LogP contribution in [-0.4, -0.2) is 19.2 Å². The third kappa shape index (κ3) is 7.41. The van der Waals surface area contributed by atoms with Gasteiger partial charge < -0.3 is 14.2 Å². The lowest BCUT2D eigenvalue weighted by Crippen LogP contribution is -2.17. The van der Waals surface area contributed by atoms with E-state index in [0.29, 0.717) is 40.5 Å². The Kier molecular flexibility index (Phi) is 8.89. The molecule has 4 aromatic carbocycles. The average Bonchev–Trinajstić information content (AvgIpc) is 2.92. The first-order valence-electron chi connectivity index (χ1n) is 11.4. The summed E-state index contributed by atoms with van der Waals surface area (Å²) in [6.07, 6.45) is 1.48. The molecule has 0 fully saturated rings. The van der Waals surface area contributed by atoms with Crippen molar-refractivity contribution in [2.75, 3.05) is 7.11 Å². The Labute approximate surface area is 222 Å². The van der Waals surface area contributed by atoms with Crippen molar-refractivity contribution in [3.8, 4) is 17.2 Å². The summed E-state index contributed by atoms with van der Waals surface area (Å²) in [5.74, 6) is 0.760. The van der Waals surface area contributed by atoms with E-state index in [4.69, 9.17) is 14.2 Å². The van der Waals surface area contributed by atoms with Crippen LogP contribution in [0.2, 0.25) is 0 Å². The summed E-state index contributed by atoms with van der Waals surface area (Å²) in [5.41, 5.74) is 5.23. The van der Waals surface area contributed by atoms with Crippen molar-refractivity contribution in [3.63, 3.8) is 0 Å². The quantitative estimate of drug-likeness (QED) is 0.176. The normalized spacial score (nSPS) is 10.8. The van der Waals surface area contributed by atoms with Crippen molar-refractivity contribution in [1.82, 2.24) is 5.43 Å². The van der Waals surface area contributed by atoms with E-state index in [2.05, 4.69) is 26.5 Å². The predicted molar refractivity (Wildman–Crippen MR) is 144 cm³/mol. The Bertz CT molecular complexity index is 1400. The van der Waals surface area contributed by atoms with Gasteiger partial charge >= 0.3 is 0 Å². The molecule has 1 amide bonds. The molecule has 0 aliphatic heterocycles. The van der Waals surface area contributed by atoms with Gasteiger partial charge in [0.25, 0.3) is 5.91 Å². The Hall–Kier alpha value is -4.17. The van der Waals surface area contributed by atoms with E-state index < -0.39 is 5.91 Å². The molecule has 4 aromatic rings. The van der Waals surface area contributed by atoms with Gasteiger partial charge in [-0.1, -0.05) is 58.4 Å². The maximum atomic E-state index is 13.4. The second kappa shape index (κ2) is 12.7. The molecule has 0 spiro atoms. The number of nitrogens with zero attached hydrogens (tertiary/aromatic N) is 1. The average molecular weight is 563 g/mol. The van der Waals surface area contributed by atoms with Crippen molar-refractivity contribution in [2.45, 2.75) is 13.2 Å². The summed E-state index contributed by atoms with van der Waals surface area (Å²) < 4.78 is 31.4. The Morgan fingerprint density at radius 3 is 2.38 bits per heavy atom. The van der Waals surface area contributed by atoms with E-state index in [-0.39, 0.29) is 12.4 Å². The molecule has 1 N–H and O–H groups in total. The fraction of sp³-hybridized carbons (Fsp3) is 0.103. The number of halogens is 2. The number of methoxy groups -OCH3 is 1. The number of hydrogen-bond donors (Lipinski definition) is 1. The fourth-order valence-corrected chi connectivity index (χ4v) is 3.81. The van der Waals surface area contributed by atoms with Crippen LogP contribution in [0, 0.1) is 5.82 Å². The highest BCUT2D eigenvalue weighted by Crippen LogP contribution is 2.29. The van der Waals surface area contributed by atoms with Crippen LogP contribution >= 0.6 is 15.9 Å². The lowest BCUT2D eigenvalue weighted by molar-refractivity contribution is 0.0954. The van der Waals surface area contributed by atoms with Crippen molar-refractivity contribution in [3.05, 3.63) is 124 Å². The van der Waals surface area contributed by atoms with E-state index in [1.807, 2.05) is 36.4 Å². The smallest absolute Gasteiger partial charge is 0.271 e. The molecular formula is C29H24BrFN2O4. The molecule has 0 aliphatic rings. The number of hydrogen-bond acceptors (Lipinski definition) is 5. The number of amides is 1. The number of rotatable bonds is 10. The topological polar surface area (TPSA) is 69.2 Å². The summed E-state index contributed by atoms with van der Waals surface area (Å²) in [6, 6.07) is 26.3. The summed E-state index contributed by atoms with van der Waals surface area (Å²) in [4.78, 5) is 12.7. The summed E-state index contributed by atoms with van der Waals surface area (Å²) in [7, 11) is 1.52. The summed E-state index contributed by atoms with van der Waals surface area (Å²) >= 11 is 3.43. The maximum absolute atomic E-state index is 13.4. The van der Waals surface area contributed by atoms with E-state index >= 15 is 0 Å². The second-order valence-electron chi connectivity index (χ2n) is 7.94. The molecule has 0 saturated heterocycles. The molecule has 0 aromatic heterocycles. The summed E-state index contributed by atoms with van der Waals surface area (Å²) in [5, 5.41) is 4.09. The van der Waals surface area contributed by atoms with Crippen LogP contribution in [-0.2, 0) is 13.2 Å². The number of carbonyl (C=O) groups excluding carboxylic acids is 1. The van der Waals surface area contributed by atoms with Crippen LogP contribution in [0.5, 0.6) is 17.2 Å². The van der Waals surface area contributed by atoms with Gasteiger partial charge in [-0.3, -0.25) is 4.79 Å². The zero-order valence-electron chi connectivity index (χ0n) is 20.0. The number of hydrazone groups is 1. The number of ether oxygens (including phenoxy) is 3. The van der Waals surface area contributed by atoms with Gasteiger partial charge in [0, 0.05) is 15.6 Å². The molecule has 188 valence electrons. The maximum Gasteiger partial charge on any atom is 0.271 e. The van der Waals surface area contributed by atoms with Crippen LogP contribution in [0.25, 0.3) is 0 Å². The molecule has 0 radical (unpaired) electrons. The van der Waals surface area contributed by atoms with Crippen molar-refractivity contribution in [1.29, 1.82) is 0 Å². The van der Waals surface area contributed by atoms with Crippen LogP contribution in [0.1, 0.15) is 27.0 Å². The largest absolute Gasteiger partial charge is 0.493 e. The Morgan fingerprint density at radius 2 is 1.59 bits per heavy atom. The first kappa shape index (κ1) is 25.9. The third-order valence-electron chi connectivity index (χ3n) is 5.29. The van der Waals surface area contributed by atoms with Gasteiger partial charge in [0.1, 0.15) is 24.8 Å². The highest BCUT2D eigenvalue weighted by atomic mass is 79.9. The predicted octanol–water partition coefficient (Wildman–Crippen LogP) is 6.52. The molecule has 0 unspecified atom stereocenters. The molecule has 0 saturated carbocycles. The highest BCUT2D eigenvalue weighted by molar-refractivity contribution is 9.10. The SMILES string of the molecule is COc1cc(C(=O)N/N=C/c2cc(Br)ccc2OCc2cccc(F)c2)ccc1OCc1ccccc1. The van der Waals surface area contributed by atoms with Gasteiger partial charge in [0.05, 0.1) is 13.3 Å². The van der Waals surface area contributed by atoms with Gasteiger partial charge in [-0.05, 0) is 59.7 Å². The Morgan fingerprint density at radius 1 is 0.865 bits per heavy atom. The first-order valence-corrected chi connectivity index (χ1v) is 12.2. The van der Waals surface area contributed by atoms with Gasteiger partial charge in [-0.15, -0.1) is 0 Å². The molecular weight excluding hydrogens is 539 g/mol. The van der Waals surface area contributed by atoms with Crippen LogP contribution in [0.3, 0.4) is 0 Å². The number of nitrogens with one attached hydrogen (secondary N) is 1. The second-order valence-corrected chi connectivity index (χ2v) is 8.86. The fourth-order valence-electron chi connectivity index (χ4n) is 3.43. The lowest BCUT2D eigenvalue weighted by atomic mass is 10.2. The number of benzene rings is 4. The van der Waals surface area contributed by atoms with Gasteiger partial charge in [0.2, 0.25) is 0 Å². The minimum atomic E-state index is -0.415. The standard InChI is InChI=1S/C29H24BrFN2O4/c1-35-28-16-22(10-12-27(28)37-18-20-6-3-2-4-7-20)29(34)33-32-17-23-15-24(30)11-13-26(23)36-19-21-8-5-9-25(31)14-21/h2-17H,18-19H2,1H3,(H,33,34)/b32-17+. The van der Waals surface area contributed by atoms with Gasteiger partial charge in [-0.25, -0.2) is 9.82 Å². The van der Waals surface area contributed by atoms with E-state index in [1.54, 1.807) is 42.5 Å². The van der Waals surface area contributed by atoms with E-state index in [1.165, 1.54) is 25.5 Å². The van der Waals surface area contributed by atoms with Crippen molar-refractivity contribution < 1.29 is 23.4 Å². The van der Waals surface area contributed by atoms with Crippen LogP contribution in [0.15, 0.2) is 101 Å². The molecule has 6 nitrogen and oxygen atoms in total. The molecule has 37 heavy (non-hydrogen) atoms. The van der Waals surface area contributed by atoms with Crippen LogP contribution in [0.4, 0.5) is 4.39 Å². The molecule has 0 bridgehead atoms. The van der Waals surface area contributed by atoms with E-state index in [9.17, 15) is 9.18 Å². The van der Waals surface area contributed by atoms with E-state index in [0.717, 1.165) is 10.0 Å². The molecule has 0 heterocycles. The van der Waals surface area contributed by atoms with Gasteiger partial charge in [0.15, 0.2) is 11.5 Å². The molecule has 4 rings (SSSR count). The van der Waals surface area contributed by atoms with Crippen molar-refractivity contribution >= 4 is 28.1 Å². The van der Waals surface area contributed by atoms with Crippen LogP contribution < -0.4 is 19.6 Å². The molecule has 0 atom stereocenters. The zero-order chi connectivity index (χ0) is 26.0. The minimum Gasteiger partial charge on any atom is -0.493 e. The molecule has 0 aliphatic carbocycles. The third-order valence-corrected chi connectivity index (χ3v) is 5.78. The zero-order valence-corrected chi connectivity index (χ0v) is 21.6. The molecule has 8 heteroatoms. The van der Waals surface area contributed by atoms with Gasteiger partial charge in [-0.2, -0.15) is 5.10 Å². The Balaban J connectivity index is 1.40. The lowest BCUT2D eigenvalue weighted by Gasteiger charge is -2.12.